The van der Waals surface area contributed by atoms with Crippen molar-refractivity contribution < 1.29 is 14.6 Å². The number of para-hydroxylation sites is 1. The Bertz CT molecular complexity index is 1590. The van der Waals surface area contributed by atoms with Crippen LogP contribution in [0.3, 0.4) is 0 Å². The number of hydrogen-bond acceptors (Lipinski definition) is 7. The lowest BCUT2D eigenvalue weighted by Gasteiger charge is -2.13. The molecule has 2 heterocycles. The third-order valence-electron chi connectivity index (χ3n) is 5.70. The fourth-order valence-corrected chi connectivity index (χ4v) is 5.31. The van der Waals surface area contributed by atoms with Gasteiger partial charge in [0.2, 0.25) is 0 Å². The van der Waals surface area contributed by atoms with Gasteiger partial charge in [0, 0.05) is 53.5 Å². The van der Waals surface area contributed by atoms with Crippen LogP contribution in [0.15, 0.2) is 83.9 Å². The number of rotatable bonds is 6. The summed E-state index contributed by atoms with van der Waals surface area (Å²) in [6.07, 6.45) is 3.69. The molecular weight excluding hydrogens is 500 g/mol. The minimum absolute atomic E-state index is 0.0302. The predicted octanol–water partition coefficient (Wildman–Crippen LogP) is 5.91. The molecule has 3 aromatic carbocycles. The van der Waals surface area contributed by atoms with Gasteiger partial charge in [-0.25, -0.2) is 0 Å². The summed E-state index contributed by atoms with van der Waals surface area (Å²) < 4.78 is 2.31. The van der Waals surface area contributed by atoms with Gasteiger partial charge in [-0.3, -0.25) is 29.9 Å². The van der Waals surface area contributed by atoms with Crippen molar-refractivity contribution in [1.29, 1.82) is 0 Å². The summed E-state index contributed by atoms with van der Waals surface area (Å²) in [5.41, 5.74) is 2.89. The topological polar surface area (TPSA) is 112 Å². The van der Waals surface area contributed by atoms with Gasteiger partial charge in [-0.15, -0.1) is 0 Å². The van der Waals surface area contributed by atoms with Gasteiger partial charge in [-0.05, 0) is 23.8 Å². The quantitative estimate of drug-likeness (QED) is 0.135. The highest BCUT2D eigenvalue weighted by molar-refractivity contribution is 8.27. The van der Waals surface area contributed by atoms with Crippen LogP contribution < -0.4 is 4.90 Å². The lowest BCUT2D eigenvalue weighted by Crippen LogP contribution is -2.27. The number of anilines is 1. The predicted molar refractivity (Wildman–Crippen MR) is 143 cm³/mol. The Morgan fingerprint density at radius 2 is 1.64 bits per heavy atom. The van der Waals surface area contributed by atoms with E-state index in [1.165, 1.54) is 35.2 Å². The van der Waals surface area contributed by atoms with Crippen molar-refractivity contribution in [3.63, 3.8) is 0 Å². The van der Waals surface area contributed by atoms with Gasteiger partial charge in [-0.1, -0.05) is 60.4 Å². The maximum atomic E-state index is 13.2. The molecule has 36 heavy (non-hydrogen) atoms. The number of non-ortho nitro benzene ring substituents is 2. The second-order valence-corrected chi connectivity index (χ2v) is 9.62. The van der Waals surface area contributed by atoms with Gasteiger partial charge in [0.1, 0.15) is 0 Å². The van der Waals surface area contributed by atoms with E-state index in [-0.39, 0.29) is 17.3 Å². The second kappa shape index (κ2) is 9.36. The zero-order valence-corrected chi connectivity index (χ0v) is 20.1. The number of aromatic nitrogens is 1. The van der Waals surface area contributed by atoms with Crippen molar-refractivity contribution in [3.8, 4) is 0 Å². The summed E-state index contributed by atoms with van der Waals surface area (Å²) in [5, 5.41) is 23.0. The molecule has 9 nitrogen and oxygen atoms in total. The number of amides is 1. The van der Waals surface area contributed by atoms with Gasteiger partial charge in [0.05, 0.1) is 20.4 Å². The highest BCUT2D eigenvalue weighted by atomic mass is 32.2. The van der Waals surface area contributed by atoms with Crippen LogP contribution in [0.2, 0.25) is 0 Å². The van der Waals surface area contributed by atoms with Crippen molar-refractivity contribution in [1.82, 2.24) is 4.57 Å². The number of benzene rings is 3. The zero-order valence-electron chi connectivity index (χ0n) is 18.4. The van der Waals surface area contributed by atoms with E-state index in [0.717, 1.165) is 33.8 Å². The molecule has 0 saturated carbocycles. The Balaban J connectivity index is 1.48. The Morgan fingerprint density at radius 1 is 0.917 bits per heavy atom. The summed E-state index contributed by atoms with van der Waals surface area (Å²) >= 11 is 6.56. The second-order valence-electron chi connectivity index (χ2n) is 7.95. The molecule has 5 rings (SSSR count). The number of hydrogen-bond donors (Lipinski definition) is 0. The first-order chi connectivity index (χ1) is 17.3. The number of thioether (sulfide) groups is 1. The number of nitro groups is 2. The van der Waals surface area contributed by atoms with Gasteiger partial charge >= 0.3 is 0 Å². The molecule has 1 fully saturated rings. The zero-order chi connectivity index (χ0) is 25.4. The van der Waals surface area contributed by atoms with Crippen molar-refractivity contribution in [2.24, 2.45) is 0 Å². The molecule has 0 atom stereocenters. The SMILES string of the molecule is O=C1/C(=C/c2cn(Cc3ccc([N+](=O)[O-])cc3)c3ccccc23)SC(=S)N1c1cccc([N+](=O)[O-])c1. The maximum absolute atomic E-state index is 13.2. The molecule has 11 heteroatoms. The summed E-state index contributed by atoms with van der Waals surface area (Å²) in [7, 11) is 0. The summed E-state index contributed by atoms with van der Waals surface area (Å²) in [5.74, 6) is -0.349. The largest absolute Gasteiger partial charge is 0.342 e. The average molecular weight is 517 g/mol. The van der Waals surface area contributed by atoms with E-state index in [2.05, 4.69) is 0 Å². The smallest absolute Gasteiger partial charge is 0.271 e. The van der Waals surface area contributed by atoms with E-state index < -0.39 is 9.85 Å². The Hall–Kier alpha value is -4.35. The molecule has 1 aromatic heterocycles. The molecule has 1 saturated heterocycles. The van der Waals surface area contributed by atoms with E-state index >= 15 is 0 Å². The van der Waals surface area contributed by atoms with Gasteiger partial charge in [-0.2, -0.15) is 0 Å². The van der Waals surface area contributed by atoms with E-state index in [0.29, 0.717) is 21.5 Å². The standard InChI is InChI=1S/C25H16N4O5S2/c30-24-23(36-25(35)27(24)19-4-3-5-20(13-19)29(33)34)12-17-15-26(22-7-2-1-6-21(17)22)14-16-8-10-18(11-9-16)28(31)32/h1-13,15H,14H2/b23-12-. The first kappa shape index (κ1) is 23.4. The summed E-state index contributed by atoms with van der Waals surface area (Å²) in [6.45, 7) is 0.487. The minimum Gasteiger partial charge on any atom is -0.342 e. The first-order valence-electron chi connectivity index (χ1n) is 10.7. The molecule has 0 unspecified atom stereocenters. The molecule has 0 spiro atoms. The maximum Gasteiger partial charge on any atom is 0.271 e. The van der Waals surface area contributed by atoms with E-state index in [9.17, 15) is 25.0 Å². The van der Waals surface area contributed by atoms with Crippen LogP contribution in [0, 0.1) is 20.2 Å². The lowest BCUT2D eigenvalue weighted by molar-refractivity contribution is -0.385. The summed E-state index contributed by atoms with van der Waals surface area (Å²) in [4.78, 5) is 36.1. The average Bonchev–Trinajstić information content (AvgIpc) is 3.35. The van der Waals surface area contributed by atoms with E-state index in [4.69, 9.17) is 12.2 Å². The van der Waals surface area contributed by atoms with Crippen LogP contribution in [0.4, 0.5) is 17.1 Å². The fourth-order valence-electron chi connectivity index (χ4n) is 4.02. The minimum atomic E-state index is -0.517. The Kier molecular flexibility index (Phi) is 6.08. The van der Waals surface area contributed by atoms with E-state index in [1.54, 1.807) is 24.3 Å². The molecule has 0 bridgehead atoms. The van der Waals surface area contributed by atoms with Crippen molar-refractivity contribution in [2.75, 3.05) is 4.90 Å². The highest BCUT2D eigenvalue weighted by Crippen LogP contribution is 2.38. The van der Waals surface area contributed by atoms with Crippen LogP contribution in [0.25, 0.3) is 17.0 Å². The number of nitro benzene ring substituents is 2. The van der Waals surface area contributed by atoms with Gasteiger partial charge in [0.25, 0.3) is 17.3 Å². The normalized spacial score (nSPS) is 14.7. The van der Waals surface area contributed by atoms with E-state index in [1.807, 2.05) is 35.0 Å². The van der Waals surface area contributed by atoms with Gasteiger partial charge < -0.3 is 4.57 Å². The first-order valence-corrected chi connectivity index (χ1v) is 11.9. The number of fused-ring (bicyclic) bond motifs is 1. The third-order valence-corrected chi connectivity index (χ3v) is 7.00. The van der Waals surface area contributed by atoms with Gasteiger partial charge in [0.15, 0.2) is 4.32 Å². The molecule has 1 aliphatic heterocycles. The fraction of sp³-hybridized carbons (Fsp3) is 0.0400. The molecular formula is C25H16N4O5S2. The molecule has 0 N–H and O–H groups in total. The Morgan fingerprint density at radius 3 is 2.36 bits per heavy atom. The molecule has 178 valence electrons. The number of carbonyl (C=O) groups is 1. The van der Waals surface area contributed by atoms with Crippen LogP contribution >= 0.6 is 24.0 Å². The van der Waals surface area contributed by atoms with Crippen LogP contribution in [0.5, 0.6) is 0 Å². The number of nitrogens with zero attached hydrogens (tertiary/aromatic N) is 4. The third kappa shape index (κ3) is 4.37. The highest BCUT2D eigenvalue weighted by Gasteiger charge is 2.34. The molecule has 1 amide bonds. The number of thiocarbonyl (C=S) groups is 1. The Labute approximate surface area is 213 Å². The number of carbonyl (C=O) groups excluding carboxylic acids is 1. The van der Waals surface area contributed by atoms with Crippen molar-refractivity contribution in [3.05, 3.63) is 115 Å². The monoisotopic (exact) mass is 516 g/mol. The van der Waals surface area contributed by atoms with Crippen LogP contribution in [-0.2, 0) is 11.3 Å². The molecule has 4 aromatic rings. The molecule has 0 aliphatic carbocycles. The lowest BCUT2D eigenvalue weighted by atomic mass is 10.1. The van der Waals surface area contributed by atoms with Crippen molar-refractivity contribution in [2.45, 2.75) is 6.54 Å². The van der Waals surface area contributed by atoms with Crippen LogP contribution in [0.1, 0.15) is 11.1 Å². The van der Waals surface area contributed by atoms with Crippen molar-refractivity contribution >= 4 is 68.2 Å². The van der Waals surface area contributed by atoms with Crippen LogP contribution in [-0.4, -0.2) is 24.6 Å². The molecule has 1 aliphatic rings. The summed E-state index contributed by atoms with van der Waals surface area (Å²) in [6, 6.07) is 19.9. The molecule has 0 radical (unpaired) electrons.